The number of guanidine groups is 1. The van der Waals surface area contributed by atoms with Gasteiger partial charge in [-0.1, -0.05) is 5.16 Å². The van der Waals surface area contributed by atoms with E-state index in [-0.39, 0.29) is 6.10 Å². The normalized spacial score (nSPS) is 16.4. The zero-order chi connectivity index (χ0) is 21.3. The summed E-state index contributed by atoms with van der Waals surface area (Å²) >= 11 is 0. The summed E-state index contributed by atoms with van der Waals surface area (Å²) in [6.07, 6.45) is -0.0243. The monoisotopic (exact) mass is 415 g/mol. The van der Waals surface area contributed by atoms with Crippen molar-refractivity contribution in [3.8, 4) is 11.5 Å². The van der Waals surface area contributed by atoms with E-state index in [4.69, 9.17) is 19.0 Å². The molecular weight excluding hydrogens is 382 g/mol. The average molecular weight is 416 g/mol. The van der Waals surface area contributed by atoms with Gasteiger partial charge in [0.1, 0.15) is 23.4 Å². The molecule has 0 bridgehead atoms. The molecule has 164 valence electrons. The molecule has 3 rings (SSSR count). The number of nitrogens with one attached hydrogen (secondary N) is 1. The second-order valence-electron chi connectivity index (χ2n) is 7.49. The standard InChI is InChI=1S/C22H33N5O3/c1-5-23-22(24-15-18(3)29-21-8-6-20(28-4)7-9-21)27-12-10-26(11-13-27)16-19-14-17(2)30-25-19/h6-9,14,18H,5,10-13,15-16H2,1-4H3,(H,23,24). The molecule has 1 saturated heterocycles. The van der Waals surface area contributed by atoms with Crippen LogP contribution in [0.3, 0.4) is 0 Å². The van der Waals surface area contributed by atoms with E-state index in [1.165, 1.54) is 0 Å². The molecule has 1 atom stereocenters. The minimum Gasteiger partial charge on any atom is -0.497 e. The largest absolute Gasteiger partial charge is 0.497 e. The molecular formula is C22H33N5O3. The quantitative estimate of drug-likeness (QED) is 0.524. The van der Waals surface area contributed by atoms with E-state index in [2.05, 4.69) is 27.2 Å². The summed E-state index contributed by atoms with van der Waals surface area (Å²) in [7, 11) is 1.66. The highest BCUT2D eigenvalue weighted by molar-refractivity contribution is 5.80. The van der Waals surface area contributed by atoms with E-state index in [1.807, 2.05) is 44.2 Å². The first kappa shape index (κ1) is 22.0. The van der Waals surface area contributed by atoms with Crippen molar-refractivity contribution in [2.24, 2.45) is 4.99 Å². The number of nitrogens with zero attached hydrogens (tertiary/aromatic N) is 4. The van der Waals surface area contributed by atoms with Crippen LogP contribution in [-0.4, -0.2) is 73.4 Å². The summed E-state index contributed by atoms with van der Waals surface area (Å²) < 4.78 is 16.3. The number of ether oxygens (including phenoxy) is 2. The number of benzene rings is 1. The van der Waals surface area contributed by atoms with Crippen LogP contribution in [0, 0.1) is 6.92 Å². The maximum atomic E-state index is 5.98. The summed E-state index contributed by atoms with van der Waals surface area (Å²) in [5.74, 6) is 3.44. The van der Waals surface area contributed by atoms with Crippen LogP contribution < -0.4 is 14.8 Å². The molecule has 1 aromatic heterocycles. The Morgan fingerprint density at radius 2 is 1.90 bits per heavy atom. The lowest BCUT2D eigenvalue weighted by molar-refractivity contribution is 0.168. The maximum absolute atomic E-state index is 5.98. The van der Waals surface area contributed by atoms with Crippen LogP contribution in [0.4, 0.5) is 0 Å². The van der Waals surface area contributed by atoms with Crippen LogP contribution in [0.2, 0.25) is 0 Å². The lowest BCUT2D eigenvalue weighted by Crippen LogP contribution is -2.52. The molecule has 1 aliphatic heterocycles. The van der Waals surface area contributed by atoms with Crippen molar-refractivity contribution in [3.63, 3.8) is 0 Å². The van der Waals surface area contributed by atoms with Crippen LogP contribution in [0.5, 0.6) is 11.5 Å². The Morgan fingerprint density at radius 1 is 1.20 bits per heavy atom. The van der Waals surface area contributed by atoms with Crippen LogP contribution >= 0.6 is 0 Å². The number of methoxy groups -OCH3 is 1. The fraction of sp³-hybridized carbons (Fsp3) is 0.545. The van der Waals surface area contributed by atoms with Gasteiger partial charge in [0.2, 0.25) is 0 Å². The zero-order valence-corrected chi connectivity index (χ0v) is 18.4. The molecule has 2 heterocycles. The third-order valence-corrected chi connectivity index (χ3v) is 4.96. The summed E-state index contributed by atoms with van der Waals surface area (Å²) in [5, 5.41) is 7.51. The highest BCUT2D eigenvalue weighted by Crippen LogP contribution is 2.18. The van der Waals surface area contributed by atoms with Crippen LogP contribution in [-0.2, 0) is 6.54 Å². The minimum absolute atomic E-state index is 0.0243. The zero-order valence-electron chi connectivity index (χ0n) is 18.4. The molecule has 1 aliphatic rings. The second kappa shape index (κ2) is 10.9. The number of hydrogen-bond donors (Lipinski definition) is 1. The Labute approximate surface area is 178 Å². The Hall–Kier alpha value is -2.74. The Bertz CT molecular complexity index is 797. The third kappa shape index (κ3) is 6.38. The maximum Gasteiger partial charge on any atom is 0.194 e. The van der Waals surface area contributed by atoms with E-state index in [1.54, 1.807) is 7.11 Å². The van der Waals surface area contributed by atoms with E-state index in [9.17, 15) is 0 Å². The Balaban J connectivity index is 1.49. The first-order valence-corrected chi connectivity index (χ1v) is 10.6. The summed E-state index contributed by atoms with van der Waals surface area (Å²) in [4.78, 5) is 9.52. The molecule has 0 saturated carbocycles. The fourth-order valence-corrected chi connectivity index (χ4v) is 3.40. The highest BCUT2D eigenvalue weighted by Gasteiger charge is 2.20. The number of hydrogen-bond acceptors (Lipinski definition) is 6. The van der Waals surface area contributed by atoms with Crippen molar-refractivity contribution in [2.45, 2.75) is 33.4 Å². The third-order valence-electron chi connectivity index (χ3n) is 4.96. The van der Waals surface area contributed by atoms with Gasteiger partial charge in [0.05, 0.1) is 19.3 Å². The van der Waals surface area contributed by atoms with Gasteiger partial charge in [0.15, 0.2) is 5.96 Å². The molecule has 0 aliphatic carbocycles. The molecule has 0 amide bonds. The van der Waals surface area contributed by atoms with Gasteiger partial charge >= 0.3 is 0 Å². The van der Waals surface area contributed by atoms with E-state index < -0.39 is 0 Å². The van der Waals surface area contributed by atoms with Crippen molar-refractivity contribution in [1.82, 2.24) is 20.3 Å². The van der Waals surface area contributed by atoms with Crippen molar-refractivity contribution in [3.05, 3.63) is 41.8 Å². The van der Waals surface area contributed by atoms with Crippen molar-refractivity contribution < 1.29 is 14.0 Å². The van der Waals surface area contributed by atoms with Crippen LogP contribution in [0.15, 0.2) is 39.8 Å². The van der Waals surface area contributed by atoms with Gasteiger partial charge in [0, 0.05) is 45.3 Å². The smallest absolute Gasteiger partial charge is 0.194 e. The number of aryl methyl sites for hydroxylation is 1. The fourth-order valence-electron chi connectivity index (χ4n) is 3.40. The van der Waals surface area contributed by atoms with Gasteiger partial charge in [-0.3, -0.25) is 4.90 Å². The summed E-state index contributed by atoms with van der Waals surface area (Å²) in [6.45, 7) is 12.1. The van der Waals surface area contributed by atoms with Gasteiger partial charge in [-0.2, -0.15) is 0 Å². The van der Waals surface area contributed by atoms with Crippen molar-refractivity contribution >= 4 is 5.96 Å². The molecule has 1 aromatic carbocycles. The Kier molecular flexibility index (Phi) is 7.96. The van der Waals surface area contributed by atoms with Crippen molar-refractivity contribution in [2.75, 3.05) is 46.4 Å². The molecule has 1 fully saturated rings. The molecule has 8 nitrogen and oxygen atoms in total. The molecule has 1 N–H and O–H groups in total. The predicted octanol–water partition coefficient (Wildman–Crippen LogP) is 2.54. The highest BCUT2D eigenvalue weighted by atomic mass is 16.5. The van der Waals surface area contributed by atoms with Gasteiger partial charge in [-0.25, -0.2) is 4.99 Å². The second-order valence-corrected chi connectivity index (χ2v) is 7.49. The van der Waals surface area contributed by atoms with E-state index in [0.717, 1.165) is 68.2 Å². The van der Waals surface area contributed by atoms with Gasteiger partial charge in [0.25, 0.3) is 0 Å². The Morgan fingerprint density at radius 3 is 2.50 bits per heavy atom. The molecule has 0 spiro atoms. The van der Waals surface area contributed by atoms with Gasteiger partial charge in [-0.05, 0) is 45.0 Å². The number of aliphatic imine (C=N–C) groups is 1. The van der Waals surface area contributed by atoms with E-state index in [0.29, 0.717) is 6.54 Å². The SMILES string of the molecule is CCNC(=NCC(C)Oc1ccc(OC)cc1)N1CCN(Cc2cc(C)on2)CC1. The summed E-state index contributed by atoms with van der Waals surface area (Å²) in [5.41, 5.74) is 0.992. The van der Waals surface area contributed by atoms with Crippen LogP contribution in [0.25, 0.3) is 0 Å². The van der Waals surface area contributed by atoms with Gasteiger partial charge < -0.3 is 24.2 Å². The predicted molar refractivity (Wildman–Crippen MR) is 117 cm³/mol. The lowest BCUT2D eigenvalue weighted by Gasteiger charge is -2.36. The number of rotatable bonds is 8. The summed E-state index contributed by atoms with van der Waals surface area (Å²) in [6, 6.07) is 9.63. The first-order chi connectivity index (χ1) is 14.6. The first-order valence-electron chi connectivity index (χ1n) is 10.6. The molecule has 8 heteroatoms. The van der Waals surface area contributed by atoms with Crippen molar-refractivity contribution in [1.29, 1.82) is 0 Å². The number of aromatic nitrogens is 1. The van der Waals surface area contributed by atoms with E-state index >= 15 is 0 Å². The average Bonchev–Trinajstić information content (AvgIpc) is 3.17. The van der Waals surface area contributed by atoms with Crippen LogP contribution in [0.1, 0.15) is 25.3 Å². The topological polar surface area (TPSA) is 75.4 Å². The molecule has 2 aromatic rings. The molecule has 0 radical (unpaired) electrons. The van der Waals surface area contributed by atoms with Gasteiger partial charge in [-0.15, -0.1) is 0 Å². The molecule has 30 heavy (non-hydrogen) atoms. The lowest BCUT2D eigenvalue weighted by atomic mass is 10.3. The molecule has 1 unspecified atom stereocenters. The number of piperazine rings is 1. The minimum atomic E-state index is -0.0243.